The van der Waals surface area contributed by atoms with E-state index in [9.17, 15) is 13.2 Å². The van der Waals surface area contributed by atoms with Crippen molar-refractivity contribution in [1.82, 2.24) is 10.3 Å². The summed E-state index contributed by atoms with van der Waals surface area (Å²) in [6, 6.07) is 5.19. The molecule has 0 radical (unpaired) electrons. The van der Waals surface area contributed by atoms with Crippen LogP contribution in [0.3, 0.4) is 0 Å². The molecule has 1 aromatic heterocycles. The molecule has 0 aliphatic carbocycles. The van der Waals surface area contributed by atoms with Crippen LogP contribution < -0.4 is 5.32 Å². The molecule has 19 heavy (non-hydrogen) atoms. The first kappa shape index (κ1) is 14.3. The number of nitrogens with one attached hydrogen (secondary N) is 1. The molecule has 0 spiro atoms. The number of aromatic nitrogens is 1. The van der Waals surface area contributed by atoms with Crippen LogP contribution in [0.25, 0.3) is 10.4 Å². The summed E-state index contributed by atoms with van der Waals surface area (Å²) in [5.74, 6) is 0. The van der Waals surface area contributed by atoms with E-state index in [0.717, 1.165) is 5.56 Å². The Kier molecular flexibility index (Phi) is 4.13. The highest BCUT2D eigenvalue weighted by molar-refractivity contribution is 7.15. The molecular weight excluding hydrogens is 297 g/mol. The predicted molar refractivity (Wildman–Crippen MR) is 70.3 cm³/mol. The molecule has 0 fully saturated rings. The standard InChI is InChI=1S/C12H10ClF3N2S/c1-17-5-8-3-2-7(4-9(8)13)10-6-18-11(19-10)12(14,15)16/h2-4,6,17H,5H2,1H3. The van der Waals surface area contributed by atoms with Crippen molar-refractivity contribution in [2.45, 2.75) is 12.7 Å². The van der Waals surface area contributed by atoms with Gasteiger partial charge in [-0.05, 0) is 24.2 Å². The molecule has 0 aliphatic heterocycles. The van der Waals surface area contributed by atoms with Crippen LogP contribution >= 0.6 is 22.9 Å². The Morgan fingerprint density at radius 3 is 2.63 bits per heavy atom. The van der Waals surface area contributed by atoms with E-state index in [1.165, 1.54) is 6.20 Å². The summed E-state index contributed by atoms with van der Waals surface area (Å²) >= 11 is 6.69. The summed E-state index contributed by atoms with van der Waals surface area (Å²) in [5.41, 5.74) is 1.53. The summed E-state index contributed by atoms with van der Waals surface area (Å²) < 4.78 is 37.4. The van der Waals surface area contributed by atoms with Gasteiger partial charge in [-0.2, -0.15) is 13.2 Å². The number of halogens is 4. The fourth-order valence-electron chi connectivity index (χ4n) is 1.57. The molecule has 2 nitrogen and oxygen atoms in total. The van der Waals surface area contributed by atoms with Crippen molar-refractivity contribution in [3.05, 3.63) is 40.0 Å². The summed E-state index contributed by atoms with van der Waals surface area (Å²) in [7, 11) is 1.79. The average molecular weight is 307 g/mol. The minimum atomic E-state index is -4.40. The number of thiazole rings is 1. The Morgan fingerprint density at radius 2 is 2.11 bits per heavy atom. The van der Waals surface area contributed by atoms with Crippen molar-refractivity contribution >= 4 is 22.9 Å². The van der Waals surface area contributed by atoms with Gasteiger partial charge in [-0.3, -0.25) is 0 Å². The van der Waals surface area contributed by atoms with Gasteiger partial charge in [0, 0.05) is 17.8 Å². The molecule has 0 atom stereocenters. The van der Waals surface area contributed by atoms with Gasteiger partial charge in [0.05, 0.1) is 4.88 Å². The third kappa shape index (κ3) is 3.26. The quantitative estimate of drug-likeness (QED) is 0.919. The second kappa shape index (κ2) is 5.48. The van der Waals surface area contributed by atoms with Crippen LogP contribution in [0.4, 0.5) is 13.2 Å². The minimum Gasteiger partial charge on any atom is -0.316 e. The zero-order chi connectivity index (χ0) is 14.0. The number of nitrogens with zero attached hydrogens (tertiary/aromatic N) is 1. The molecule has 1 N–H and O–H groups in total. The molecular formula is C12H10ClF3N2S. The fourth-order valence-corrected chi connectivity index (χ4v) is 2.60. The normalized spacial score (nSPS) is 11.8. The lowest BCUT2D eigenvalue weighted by molar-refractivity contribution is -0.137. The van der Waals surface area contributed by atoms with E-state index in [1.807, 2.05) is 0 Å². The van der Waals surface area contributed by atoms with Crippen LogP contribution in [-0.4, -0.2) is 12.0 Å². The summed E-state index contributed by atoms with van der Waals surface area (Å²) in [4.78, 5) is 3.84. The van der Waals surface area contributed by atoms with Crippen LogP contribution in [0.5, 0.6) is 0 Å². The first-order valence-electron chi connectivity index (χ1n) is 5.38. The Morgan fingerprint density at radius 1 is 1.37 bits per heavy atom. The highest BCUT2D eigenvalue weighted by Gasteiger charge is 2.34. The summed E-state index contributed by atoms with van der Waals surface area (Å²) in [6.45, 7) is 0.607. The van der Waals surface area contributed by atoms with Gasteiger partial charge < -0.3 is 5.32 Å². The summed E-state index contributed by atoms with van der Waals surface area (Å²) in [6.07, 6.45) is -3.18. The van der Waals surface area contributed by atoms with Gasteiger partial charge in [0.25, 0.3) is 0 Å². The van der Waals surface area contributed by atoms with E-state index in [-0.39, 0.29) is 0 Å². The molecule has 0 aliphatic rings. The van der Waals surface area contributed by atoms with Gasteiger partial charge in [-0.25, -0.2) is 4.98 Å². The van der Waals surface area contributed by atoms with Gasteiger partial charge in [-0.15, -0.1) is 11.3 Å². The van der Waals surface area contributed by atoms with E-state index >= 15 is 0 Å². The molecule has 102 valence electrons. The highest BCUT2D eigenvalue weighted by Crippen LogP contribution is 2.37. The Hall–Kier alpha value is -1.11. The minimum absolute atomic E-state index is 0.449. The average Bonchev–Trinajstić information content (AvgIpc) is 2.81. The molecule has 0 saturated carbocycles. The number of rotatable bonds is 3. The van der Waals surface area contributed by atoms with Gasteiger partial charge in [0.15, 0.2) is 5.01 Å². The topological polar surface area (TPSA) is 24.9 Å². The molecule has 0 bridgehead atoms. The Balaban J connectivity index is 2.32. The third-order valence-corrected chi connectivity index (χ3v) is 3.90. The van der Waals surface area contributed by atoms with Gasteiger partial charge in [0.2, 0.25) is 0 Å². The van der Waals surface area contributed by atoms with Crippen LogP contribution in [0, 0.1) is 0 Å². The lowest BCUT2D eigenvalue weighted by Crippen LogP contribution is -2.05. The van der Waals surface area contributed by atoms with Crippen molar-refractivity contribution in [2.24, 2.45) is 0 Å². The molecule has 7 heteroatoms. The Bertz CT molecular complexity index is 581. The molecule has 2 aromatic rings. The number of alkyl halides is 3. The predicted octanol–water partition coefficient (Wildman–Crippen LogP) is 4.20. The maximum atomic E-state index is 12.5. The van der Waals surface area contributed by atoms with Crippen LogP contribution in [0.15, 0.2) is 24.4 Å². The number of hydrogen-bond donors (Lipinski definition) is 1. The van der Waals surface area contributed by atoms with Gasteiger partial charge >= 0.3 is 6.18 Å². The van der Waals surface area contributed by atoms with Gasteiger partial charge in [0.1, 0.15) is 0 Å². The van der Waals surface area contributed by atoms with Crippen molar-refractivity contribution < 1.29 is 13.2 Å². The monoisotopic (exact) mass is 306 g/mol. The molecule has 0 saturated heterocycles. The van der Waals surface area contributed by atoms with Crippen molar-refractivity contribution in [3.8, 4) is 10.4 Å². The van der Waals surface area contributed by atoms with Crippen LogP contribution in [0.2, 0.25) is 5.02 Å². The fraction of sp³-hybridized carbons (Fsp3) is 0.250. The molecule has 1 aromatic carbocycles. The zero-order valence-electron chi connectivity index (χ0n) is 9.88. The van der Waals surface area contributed by atoms with E-state index in [0.29, 0.717) is 33.3 Å². The first-order chi connectivity index (χ1) is 8.91. The second-order valence-corrected chi connectivity index (χ2v) is 5.30. The van der Waals surface area contributed by atoms with Crippen LogP contribution in [-0.2, 0) is 12.7 Å². The molecule has 2 rings (SSSR count). The summed E-state index contributed by atoms with van der Waals surface area (Å²) in [5, 5.41) is 2.64. The van der Waals surface area contributed by atoms with Crippen LogP contribution in [0.1, 0.15) is 10.6 Å². The zero-order valence-corrected chi connectivity index (χ0v) is 11.5. The van der Waals surface area contributed by atoms with Crippen molar-refractivity contribution in [1.29, 1.82) is 0 Å². The largest absolute Gasteiger partial charge is 0.443 e. The number of benzene rings is 1. The third-order valence-electron chi connectivity index (χ3n) is 2.45. The molecule has 0 amide bonds. The molecule has 0 unspecified atom stereocenters. The maximum absolute atomic E-state index is 12.5. The van der Waals surface area contributed by atoms with Crippen molar-refractivity contribution in [2.75, 3.05) is 7.05 Å². The second-order valence-electron chi connectivity index (χ2n) is 3.86. The lowest BCUT2D eigenvalue weighted by atomic mass is 10.1. The lowest BCUT2D eigenvalue weighted by Gasteiger charge is -2.05. The Labute approximate surface area is 117 Å². The van der Waals surface area contributed by atoms with Gasteiger partial charge in [-0.1, -0.05) is 23.7 Å². The van der Waals surface area contributed by atoms with E-state index < -0.39 is 11.2 Å². The maximum Gasteiger partial charge on any atom is 0.443 e. The smallest absolute Gasteiger partial charge is 0.316 e. The highest BCUT2D eigenvalue weighted by atomic mass is 35.5. The van der Waals surface area contributed by atoms with E-state index in [4.69, 9.17) is 11.6 Å². The van der Waals surface area contributed by atoms with Crippen molar-refractivity contribution in [3.63, 3.8) is 0 Å². The molecule has 1 heterocycles. The van der Waals surface area contributed by atoms with E-state index in [1.54, 1.807) is 25.2 Å². The van der Waals surface area contributed by atoms with E-state index in [2.05, 4.69) is 10.3 Å². The number of hydrogen-bond acceptors (Lipinski definition) is 3. The first-order valence-corrected chi connectivity index (χ1v) is 6.57. The SMILES string of the molecule is CNCc1ccc(-c2cnc(C(F)(F)F)s2)cc1Cl.